The molecule has 0 aliphatic carbocycles. The molecule has 7 nitrogen and oxygen atoms in total. The number of nitrogens with one attached hydrogen (secondary N) is 1. The van der Waals surface area contributed by atoms with Crippen LogP contribution in [0, 0.1) is 5.82 Å². The van der Waals surface area contributed by atoms with Gasteiger partial charge in [-0.2, -0.15) is 4.31 Å². The minimum absolute atomic E-state index is 0.0601. The van der Waals surface area contributed by atoms with Crippen LogP contribution in [0.25, 0.3) is 0 Å². The molecule has 0 spiro atoms. The summed E-state index contributed by atoms with van der Waals surface area (Å²) in [5.41, 5.74) is -0.319. The number of carboxylic acids is 1. The highest BCUT2D eigenvalue weighted by molar-refractivity contribution is 7.89. The molecule has 1 aromatic carbocycles. The minimum atomic E-state index is -4.08. The van der Waals surface area contributed by atoms with Gasteiger partial charge in [-0.25, -0.2) is 22.6 Å². The van der Waals surface area contributed by atoms with Crippen molar-refractivity contribution in [3.8, 4) is 0 Å². The van der Waals surface area contributed by atoms with Crippen LogP contribution in [0.1, 0.15) is 16.2 Å². The van der Waals surface area contributed by atoms with Crippen molar-refractivity contribution in [3.05, 3.63) is 47.8 Å². The predicted octanol–water partition coefficient (Wildman–Crippen LogP) is 1.07. The van der Waals surface area contributed by atoms with E-state index < -0.39 is 26.7 Å². The fourth-order valence-corrected chi connectivity index (χ4v) is 2.86. The molecule has 0 radical (unpaired) electrons. The van der Waals surface area contributed by atoms with Crippen LogP contribution in [0.3, 0.4) is 0 Å². The van der Waals surface area contributed by atoms with Gasteiger partial charge in [-0.3, -0.25) is 0 Å². The van der Waals surface area contributed by atoms with Crippen molar-refractivity contribution in [1.29, 1.82) is 0 Å². The van der Waals surface area contributed by atoms with Crippen molar-refractivity contribution < 1.29 is 22.7 Å². The molecule has 0 saturated carbocycles. The third-order valence-electron chi connectivity index (χ3n) is 2.79. The number of halogens is 1. The number of aromatic carboxylic acids is 1. The van der Waals surface area contributed by atoms with Crippen LogP contribution < -0.4 is 0 Å². The number of aromatic amines is 1. The van der Waals surface area contributed by atoms with Crippen molar-refractivity contribution in [2.24, 2.45) is 0 Å². The Morgan fingerprint density at radius 2 is 2.19 bits per heavy atom. The van der Waals surface area contributed by atoms with Crippen LogP contribution in [0.5, 0.6) is 0 Å². The van der Waals surface area contributed by atoms with E-state index in [4.69, 9.17) is 5.11 Å². The zero-order valence-electron chi connectivity index (χ0n) is 10.9. The highest BCUT2D eigenvalue weighted by Gasteiger charge is 2.25. The van der Waals surface area contributed by atoms with E-state index in [0.29, 0.717) is 11.9 Å². The summed E-state index contributed by atoms with van der Waals surface area (Å²) in [5, 5.41) is 8.74. The molecule has 0 atom stereocenters. The summed E-state index contributed by atoms with van der Waals surface area (Å²) in [7, 11) is -2.80. The molecular weight excluding hydrogens is 301 g/mol. The number of carbonyl (C=O) groups is 1. The zero-order valence-corrected chi connectivity index (χ0v) is 11.8. The Morgan fingerprint density at radius 3 is 2.71 bits per heavy atom. The molecule has 0 aliphatic rings. The first-order chi connectivity index (χ1) is 9.82. The van der Waals surface area contributed by atoms with Crippen molar-refractivity contribution in [2.45, 2.75) is 11.4 Å². The Morgan fingerprint density at radius 1 is 1.48 bits per heavy atom. The highest BCUT2D eigenvalue weighted by Crippen LogP contribution is 2.20. The van der Waals surface area contributed by atoms with E-state index in [1.807, 2.05) is 0 Å². The summed E-state index contributed by atoms with van der Waals surface area (Å²) in [6, 6.07) is 2.65. The summed E-state index contributed by atoms with van der Waals surface area (Å²) >= 11 is 0. The van der Waals surface area contributed by atoms with E-state index in [1.165, 1.54) is 19.4 Å². The Balaban J connectivity index is 2.33. The molecule has 1 aromatic heterocycles. The van der Waals surface area contributed by atoms with Gasteiger partial charge in [-0.05, 0) is 18.2 Å². The fourth-order valence-electron chi connectivity index (χ4n) is 1.69. The van der Waals surface area contributed by atoms with Crippen LogP contribution >= 0.6 is 0 Å². The maximum atomic E-state index is 13.9. The summed E-state index contributed by atoms with van der Waals surface area (Å²) in [5.74, 6) is -2.04. The van der Waals surface area contributed by atoms with Crippen LogP contribution in [0.15, 0.2) is 35.5 Å². The van der Waals surface area contributed by atoms with Crippen molar-refractivity contribution in [1.82, 2.24) is 14.3 Å². The summed E-state index contributed by atoms with van der Waals surface area (Å²) in [6.07, 6.45) is 3.01. The molecule has 2 rings (SSSR count). The van der Waals surface area contributed by atoms with Crippen molar-refractivity contribution in [2.75, 3.05) is 7.05 Å². The van der Waals surface area contributed by atoms with Crippen LogP contribution in [-0.4, -0.2) is 40.8 Å². The number of imidazole rings is 1. The number of carboxylic acid groups (broad SMARTS) is 1. The molecule has 0 amide bonds. The molecule has 21 heavy (non-hydrogen) atoms. The third kappa shape index (κ3) is 3.09. The van der Waals surface area contributed by atoms with E-state index >= 15 is 0 Å². The minimum Gasteiger partial charge on any atom is -0.478 e. The number of benzene rings is 1. The van der Waals surface area contributed by atoms with E-state index in [9.17, 15) is 17.6 Å². The van der Waals surface area contributed by atoms with Gasteiger partial charge in [0.05, 0.1) is 12.1 Å². The molecule has 2 aromatic rings. The van der Waals surface area contributed by atoms with E-state index in [1.54, 1.807) is 0 Å². The summed E-state index contributed by atoms with van der Waals surface area (Å²) in [4.78, 5) is 16.8. The van der Waals surface area contributed by atoms with Gasteiger partial charge in [0.15, 0.2) is 0 Å². The molecule has 0 bridgehead atoms. The van der Waals surface area contributed by atoms with Crippen LogP contribution in [-0.2, 0) is 16.6 Å². The Kier molecular flexibility index (Phi) is 4.05. The molecule has 0 unspecified atom stereocenters. The smallest absolute Gasteiger partial charge is 0.335 e. The first-order valence-electron chi connectivity index (χ1n) is 5.80. The topological polar surface area (TPSA) is 103 Å². The lowest BCUT2D eigenvalue weighted by molar-refractivity contribution is 0.0696. The Bertz CT molecular complexity index is 759. The lowest BCUT2D eigenvalue weighted by Gasteiger charge is -2.16. The Hall–Kier alpha value is -2.26. The second-order valence-electron chi connectivity index (χ2n) is 4.25. The zero-order chi connectivity index (χ0) is 15.6. The van der Waals surface area contributed by atoms with Gasteiger partial charge in [0.1, 0.15) is 16.5 Å². The molecular formula is C12H12FN3O4S. The predicted molar refractivity (Wildman–Crippen MR) is 70.6 cm³/mol. The molecule has 112 valence electrons. The SMILES string of the molecule is CN(Cc1ncc[nH]1)S(=O)(=O)c1ccc(C(=O)O)cc1F. The largest absolute Gasteiger partial charge is 0.478 e. The number of hydrogen-bond acceptors (Lipinski definition) is 4. The van der Waals surface area contributed by atoms with E-state index in [-0.39, 0.29) is 12.1 Å². The highest BCUT2D eigenvalue weighted by atomic mass is 32.2. The maximum absolute atomic E-state index is 13.9. The number of sulfonamides is 1. The lowest BCUT2D eigenvalue weighted by Crippen LogP contribution is -2.27. The summed E-state index contributed by atoms with van der Waals surface area (Å²) < 4.78 is 39.3. The quantitative estimate of drug-likeness (QED) is 0.859. The molecule has 0 saturated heterocycles. The lowest BCUT2D eigenvalue weighted by atomic mass is 10.2. The summed E-state index contributed by atoms with van der Waals surface area (Å²) in [6.45, 7) is -0.0601. The molecule has 2 N–H and O–H groups in total. The number of nitrogens with zero attached hydrogens (tertiary/aromatic N) is 2. The van der Waals surface area contributed by atoms with Crippen LogP contribution in [0.2, 0.25) is 0 Å². The normalized spacial score (nSPS) is 11.8. The number of H-pyrrole nitrogens is 1. The molecule has 9 heteroatoms. The molecule has 0 fully saturated rings. The van der Waals surface area contributed by atoms with Crippen LogP contribution in [0.4, 0.5) is 4.39 Å². The van der Waals surface area contributed by atoms with Gasteiger partial charge in [-0.15, -0.1) is 0 Å². The van der Waals surface area contributed by atoms with Gasteiger partial charge >= 0.3 is 5.97 Å². The van der Waals surface area contributed by atoms with Gasteiger partial charge in [0.25, 0.3) is 0 Å². The maximum Gasteiger partial charge on any atom is 0.335 e. The Labute approximate surface area is 120 Å². The number of aromatic nitrogens is 2. The first kappa shape index (κ1) is 15.1. The molecule has 0 aliphatic heterocycles. The third-order valence-corrected chi connectivity index (χ3v) is 4.63. The van der Waals surface area contributed by atoms with E-state index in [2.05, 4.69) is 9.97 Å². The van der Waals surface area contributed by atoms with E-state index in [0.717, 1.165) is 16.4 Å². The van der Waals surface area contributed by atoms with Gasteiger partial charge in [0, 0.05) is 19.4 Å². The van der Waals surface area contributed by atoms with Crippen molar-refractivity contribution >= 4 is 16.0 Å². The van der Waals surface area contributed by atoms with Gasteiger partial charge in [-0.1, -0.05) is 0 Å². The average Bonchev–Trinajstić information content (AvgIpc) is 2.90. The second-order valence-corrected chi connectivity index (χ2v) is 6.26. The number of rotatable bonds is 5. The van der Waals surface area contributed by atoms with Gasteiger partial charge in [0.2, 0.25) is 10.0 Å². The molecule has 1 heterocycles. The van der Waals surface area contributed by atoms with Crippen molar-refractivity contribution in [3.63, 3.8) is 0 Å². The fraction of sp³-hybridized carbons (Fsp3) is 0.167. The monoisotopic (exact) mass is 313 g/mol. The first-order valence-corrected chi connectivity index (χ1v) is 7.24. The second kappa shape index (κ2) is 5.62. The average molecular weight is 313 g/mol. The number of hydrogen-bond donors (Lipinski definition) is 2. The standard InChI is InChI=1S/C12H12FN3O4S/c1-16(7-11-14-4-5-15-11)21(19,20)10-3-2-8(12(17)18)6-9(10)13/h2-6H,7H2,1H3,(H,14,15)(H,17,18). The van der Waals surface area contributed by atoms with Gasteiger partial charge < -0.3 is 10.1 Å².